The van der Waals surface area contributed by atoms with E-state index in [1.165, 1.54) is 6.92 Å². The van der Waals surface area contributed by atoms with Gasteiger partial charge in [0.1, 0.15) is 5.52 Å². The van der Waals surface area contributed by atoms with Gasteiger partial charge in [0.05, 0.1) is 0 Å². The van der Waals surface area contributed by atoms with Crippen molar-refractivity contribution in [1.82, 2.24) is 4.98 Å². The van der Waals surface area contributed by atoms with Gasteiger partial charge in [-0.05, 0) is 18.6 Å². The minimum absolute atomic E-state index is 0.00167. The van der Waals surface area contributed by atoms with Crippen LogP contribution in [0.4, 0.5) is 0 Å². The zero-order valence-electron chi connectivity index (χ0n) is 7.90. The average molecular weight is 191 g/mol. The van der Waals surface area contributed by atoms with Gasteiger partial charge in [0.2, 0.25) is 0 Å². The molecule has 0 spiro atoms. The van der Waals surface area contributed by atoms with E-state index in [2.05, 4.69) is 4.98 Å². The number of hydrogen-bond donors (Lipinski definition) is 0. The maximum Gasteiger partial charge on any atom is 0.402 e. The van der Waals surface area contributed by atoms with Gasteiger partial charge in [0.25, 0.3) is 0 Å². The Morgan fingerprint density at radius 3 is 2.93 bits per heavy atom. The Kier molecular flexibility index (Phi) is 1.96. The first kappa shape index (κ1) is 8.74. The fourth-order valence-corrected chi connectivity index (χ4v) is 1.23. The van der Waals surface area contributed by atoms with Gasteiger partial charge in [0, 0.05) is 6.92 Å². The molecule has 1 heterocycles. The smallest absolute Gasteiger partial charge is 0.402 e. The summed E-state index contributed by atoms with van der Waals surface area (Å²) in [5.74, 6) is -0.436. The molecule has 72 valence electrons. The molecule has 2 rings (SSSR count). The fourth-order valence-electron chi connectivity index (χ4n) is 1.23. The van der Waals surface area contributed by atoms with Gasteiger partial charge in [-0.2, -0.15) is 4.98 Å². The molecule has 0 atom stereocenters. The van der Waals surface area contributed by atoms with Gasteiger partial charge in [-0.1, -0.05) is 12.1 Å². The quantitative estimate of drug-likeness (QED) is 0.647. The Hall–Kier alpha value is -1.84. The highest BCUT2D eigenvalue weighted by Gasteiger charge is 2.09. The van der Waals surface area contributed by atoms with Crippen LogP contribution in [-0.4, -0.2) is 11.0 Å². The van der Waals surface area contributed by atoms with Crippen molar-refractivity contribution >= 4 is 17.1 Å². The van der Waals surface area contributed by atoms with Crippen molar-refractivity contribution in [3.05, 3.63) is 23.8 Å². The summed E-state index contributed by atoms with van der Waals surface area (Å²) in [5, 5.41) is 0. The van der Waals surface area contributed by atoms with Crippen LogP contribution in [0.5, 0.6) is 6.08 Å². The minimum atomic E-state index is -0.436. The maximum atomic E-state index is 10.7. The monoisotopic (exact) mass is 191 g/mol. The highest BCUT2D eigenvalue weighted by Crippen LogP contribution is 2.22. The molecular weight excluding hydrogens is 182 g/mol. The van der Waals surface area contributed by atoms with Gasteiger partial charge >= 0.3 is 12.0 Å². The molecule has 0 aliphatic rings. The topological polar surface area (TPSA) is 52.3 Å². The molecule has 0 aliphatic carbocycles. The van der Waals surface area contributed by atoms with Crippen LogP contribution < -0.4 is 4.74 Å². The molecule has 0 saturated carbocycles. The molecular formula is C10H9NO3. The molecule has 14 heavy (non-hydrogen) atoms. The summed E-state index contributed by atoms with van der Waals surface area (Å²) in [7, 11) is 0. The van der Waals surface area contributed by atoms with Crippen LogP contribution in [0.15, 0.2) is 22.6 Å². The van der Waals surface area contributed by atoms with Gasteiger partial charge in [0.15, 0.2) is 5.58 Å². The van der Waals surface area contributed by atoms with Crippen molar-refractivity contribution < 1.29 is 13.9 Å². The molecule has 0 N–H and O–H groups in total. The van der Waals surface area contributed by atoms with Crippen LogP contribution in [0.1, 0.15) is 12.5 Å². The standard InChI is InChI=1S/C10H9NO3/c1-6-4-3-5-8-9(6)11-10(14-8)13-7(2)12/h3-5H,1-2H3. The number of aryl methyl sites for hydroxylation is 1. The molecule has 0 bridgehead atoms. The molecule has 0 amide bonds. The molecule has 2 aromatic rings. The Balaban J connectivity index is 2.51. The summed E-state index contributed by atoms with van der Waals surface area (Å²) in [6, 6.07) is 5.56. The average Bonchev–Trinajstić information content (AvgIpc) is 2.47. The van der Waals surface area contributed by atoms with E-state index in [4.69, 9.17) is 9.15 Å². The fraction of sp³-hybridized carbons (Fsp3) is 0.200. The second-order valence-electron chi connectivity index (χ2n) is 3.00. The first-order valence-corrected chi connectivity index (χ1v) is 4.21. The zero-order valence-corrected chi connectivity index (χ0v) is 7.90. The van der Waals surface area contributed by atoms with Crippen LogP contribution in [0.3, 0.4) is 0 Å². The summed E-state index contributed by atoms with van der Waals surface area (Å²) < 4.78 is 9.94. The summed E-state index contributed by atoms with van der Waals surface area (Å²) in [5.41, 5.74) is 2.34. The Bertz CT molecular complexity index is 487. The highest BCUT2D eigenvalue weighted by molar-refractivity contribution is 5.77. The molecule has 1 aromatic heterocycles. The lowest BCUT2D eigenvalue weighted by molar-refractivity contribution is -0.133. The molecule has 0 aliphatic heterocycles. The lowest BCUT2D eigenvalue weighted by atomic mass is 10.2. The normalized spacial score (nSPS) is 10.4. The Labute approximate surface area is 80.5 Å². The van der Waals surface area contributed by atoms with Crippen molar-refractivity contribution in [3.63, 3.8) is 0 Å². The van der Waals surface area contributed by atoms with Crippen molar-refractivity contribution in [3.8, 4) is 6.08 Å². The number of para-hydroxylation sites is 1. The molecule has 0 saturated heterocycles. The van der Waals surface area contributed by atoms with Gasteiger partial charge in [-0.25, -0.2) is 0 Å². The number of rotatable bonds is 1. The predicted octanol–water partition coefficient (Wildman–Crippen LogP) is 2.06. The van der Waals surface area contributed by atoms with Crippen molar-refractivity contribution in [2.24, 2.45) is 0 Å². The number of carbonyl (C=O) groups excluding carboxylic acids is 1. The maximum absolute atomic E-state index is 10.7. The summed E-state index contributed by atoms with van der Waals surface area (Å²) in [6.07, 6.45) is 0.00167. The second kappa shape index (κ2) is 3.14. The SMILES string of the molecule is CC(=O)Oc1nc2c(C)cccc2o1. The van der Waals surface area contributed by atoms with E-state index in [9.17, 15) is 4.79 Å². The summed E-state index contributed by atoms with van der Waals surface area (Å²) in [4.78, 5) is 14.7. The predicted molar refractivity (Wildman–Crippen MR) is 50.1 cm³/mol. The van der Waals surface area contributed by atoms with Crippen LogP contribution in [0.25, 0.3) is 11.1 Å². The third-order valence-electron chi connectivity index (χ3n) is 1.83. The third-order valence-corrected chi connectivity index (χ3v) is 1.83. The Morgan fingerprint density at radius 2 is 2.29 bits per heavy atom. The molecule has 0 fully saturated rings. The number of nitrogens with zero attached hydrogens (tertiary/aromatic N) is 1. The lowest BCUT2D eigenvalue weighted by Gasteiger charge is -1.89. The minimum Gasteiger partial charge on any atom is -0.409 e. The highest BCUT2D eigenvalue weighted by atomic mass is 16.6. The van der Waals surface area contributed by atoms with Crippen LogP contribution >= 0.6 is 0 Å². The van der Waals surface area contributed by atoms with Crippen LogP contribution in [0, 0.1) is 6.92 Å². The van der Waals surface area contributed by atoms with E-state index in [0.717, 1.165) is 11.1 Å². The number of benzene rings is 1. The lowest BCUT2D eigenvalue weighted by Crippen LogP contribution is -2.00. The molecule has 4 heteroatoms. The van der Waals surface area contributed by atoms with Crippen molar-refractivity contribution in [2.45, 2.75) is 13.8 Å². The number of ether oxygens (including phenoxy) is 1. The zero-order chi connectivity index (χ0) is 10.1. The number of hydrogen-bond acceptors (Lipinski definition) is 4. The molecule has 4 nitrogen and oxygen atoms in total. The first-order chi connectivity index (χ1) is 6.66. The van der Waals surface area contributed by atoms with E-state index in [0.29, 0.717) is 5.58 Å². The number of carbonyl (C=O) groups is 1. The number of esters is 1. The van der Waals surface area contributed by atoms with Crippen LogP contribution in [0.2, 0.25) is 0 Å². The molecule has 0 unspecified atom stereocenters. The number of fused-ring (bicyclic) bond motifs is 1. The summed E-state index contributed by atoms with van der Waals surface area (Å²) >= 11 is 0. The van der Waals surface area contributed by atoms with Crippen molar-refractivity contribution in [1.29, 1.82) is 0 Å². The second-order valence-corrected chi connectivity index (χ2v) is 3.00. The largest absolute Gasteiger partial charge is 0.409 e. The number of aromatic nitrogens is 1. The Morgan fingerprint density at radius 1 is 1.50 bits per heavy atom. The van der Waals surface area contributed by atoms with E-state index >= 15 is 0 Å². The number of oxazole rings is 1. The molecule has 1 aromatic carbocycles. The van der Waals surface area contributed by atoms with E-state index in [1.54, 1.807) is 6.07 Å². The van der Waals surface area contributed by atoms with Gasteiger partial charge in [-0.3, -0.25) is 4.79 Å². The van der Waals surface area contributed by atoms with E-state index in [1.807, 2.05) is 19.1 Å². The van der Waals surface area contributed by atoms with E-state index in [-0.39, 0.29) is 6.08 Å². The van der Waals surface area contributed by atoms with Crippen LogP contribution in [-0.2, 0) is 4.79 Å². The first-order valence-electron chi connectivity index (χ1n) is 4.21. The third kappa shape index (κ3) is 1.46. The molecule has 0 radical (unpaired) electrons. The van der Waals surface area contributed by atoms with Gasteiger partial charge < -0.3 is 9.15 Å². The van der Waals surface area contributed by atoms with E-state index < -0.39 is 5.97 Å². The van der Waals surface area contributed by atoms with Crippen molar-refractivity contribution in [2.75, 3.05) is 0 Å². The summed E-state index contributed by atoms with van der Waals surface area (Å²) in [6.45, 7) is 3.23. The van der Waals surface area contributed by atoms with Gasteiger partial charge in [-0.15, -0.1) is 0 Å².